The molecule has 0 bridgehead atoms. The summed E-state index contributed by atoms with van der Waals surface area (Å²) in [6.45, 7) is 0.788. The van der Waals surface area contributed by atoms with Crippen LogP contribution in [0.5, 0.6) is 0 Å². The number of nitrogens with one attached hydrogen (secondary N) is 2. The Labute approximate surface area is 188 Å². The third-order valence-electron chi connectivity index (χ3n) is 4.78. The van der Waals surface area contributed by atoms with E-state index in [-0.39, 0.29) is 16.3 Å². The molecule has 0 saturated carbocycles. The Morgan fingerprint density at radius 3 is 2.53 bits per heavy atom. The largest absolute Gasteiger partial charge is 0.378 e. The van der Waals surface area contributed by atoms with Gasteiger partial charge in [0.15, 0.2) is 9.84 Å². The van der Waals surface area contributed by atoms with E-state index in [1.54, 1.807) is 0 Å². The fraction of sp³-hybridized carbons (Fsp3) is 0.143. The van der Waals surface area contributed by atoms with Crippen LogP contribution in [0.25, 0.3) is 21.3 Å². The van der Waals surface area contributed by atoms with Gasteiger partial charge in [0.25, 0.3) is 5.69 Å². The summed E-state index contributed by atoms with van der Waals surface area (Å²) in [5.41, 5.74) is 2.06. The van der Waals surface area contributed by atoms with Crippen LogP contribution in [0, 0.1) is 10.1 Å². The van der Waals surface area contributed by atoms with E-state index in [1.807, 2.05) is 35.7 Å². The molecule has 0 saturated heterocycles. The van der Waals surface area contributed by atoms with Crippen LogP contribution in [0.15, 0.2) is 65.1 Å². The van der Waals surface area contributed by atoms with Crippen LogP contribution in [0.2, 0.25) is 0 Å². The smallest absolute Gasteiger partial charge is 0.293 e. The molecule has 32 heavy (non-hydrogen) atoms. The average molecular weight is 470 g/mol. The van der Waals surface area contributed by atoms with Crippen molar-refractivity contribution in [1.82, 2.24) is 9.97 Å². The van der Waals surface area contributed by atoms with Crippen molar-refractivity contribution in [2.75, 3.05) is 30.0 Å². The van der Waals surface area contributed by atoms with Gasteiger partial charge in [0.2, 0.25) is 0 Å². The Balaban J connectivity index is 1.50. The molecule has 0 atom stereocenters. The van der Waals surface area contributed by atoms with Gasteiger partial charge in [-0.05, 0) is 17.7 Å². The first-order chi connectivity index (χ1) is 15.3. The Hall–Kier alpha value is -3.57. The molecule has 9 nitrogen and oxygen atoms in total. The number of hydrogen-bond donors (Lipinski definition) is 2. The molecule has 2 aromatic heterocycles. The number of benzene rings is 2. The number of anilines is 2. The monoisotopic (exact) mass is 469 g/mol. The molecule has 2 N–H and O–H groups in total. The molecule has 0 aliphatic rings. The Morgan fingerprint density at radius 1 is 1.06 bits per heavy atom. The first kappa shape index (κ1) is 21.7. The van der Waals surface area contributed by atoms with Gasteiger partial charge in [0.1, 0.15) is 22.7 Å². The third kappa shape index (κ3) is 4.53. The van der Waals surface area contributed by atoms with Crippen molar-refractivity contribution in [2.24, 2.45) is 0 Å². The normalized spacial score (nSPS) is 11.4. The van der Waals surface area contributed by atoms with Crippen LogP contribution < -0.4 is 10.6 Å². The molecule has 0 spiro atoms. The highest BCUT2D eigenvalue weighted by Gasteiger charge is 2.18. The van der Waals surface area contributed by atoms with Gasteiger partial charge in [-0.15, -0.1) is 11.3 Å². The summed E-state index contributed by atoms with van der Waals surface area (Å²) in [4.78, 5) is 20.3. The van der Waals surface area contributed by atoms with Crippen molar-refractivity contribution in [2.45, 2.75) is 4.90 Å². The summed E-state index contributed by atoms with van der Waals surface area (Å²) in [6, 6.07) is 13.8. The number of sulfone groups is 1. The molecule has 2 aromatic carbocycles. The Bertz CT molecular complexity index is 1390. The quantitative estimate of drug-likeness (QED) is 0.223. The highest BCUT2D eigenvalue weighted by molar-refractivity contribution is 7.90. The highest BCUT2D eigenvalue weighted by atomic mass is 32.2. The molecule has 4 rings (SSSR count). The van der Waals surface area contributed by atoms with E-state index in [9.17, 15) is 18.5 Å². The maximum atomic E-state index is 11.7. The van der Waals surface area contributed by atoms with Gasteiger partial charge in [0.05, 0.1) is 15.2 Å². The molecule has 0 fully saturated rings. The van der Waals surface area contributed by atoms with Gasteiger partial charge in [-0.1, -0.05) is 30.3 Å². The predicted molar refractivity (Wildman–Crippen MR) is 126 cm³/mol. The lowest BCUT2D eigenvalue weighted by molar-refractivity contribution is -0.384. The third-order valence-corrected chi connectivity index (χ3v) is 6.78. The van der Waals surface area contributed by atoms with Gasteiger partial charge < -0.3 is 10.6 Å². The second kappa shape index (κ2) is 8.89. The minimum atomic E-state index is -3.54. The SMILES string of the molecule is CS(=O)(=O)c1ccc(NCCNc2ncnc3scc(-c4ccccc4)c23)c([N+](=O)[O-])c1. The van der Waals surface area contributed by atoms with E-state index in [0.717, 1.165) is 33.7 Å². The zero-order chi connectivity index (χ0) is 22.7. The van der Waals surface area contributed by atoms with Crippen LogP contribution >= 0.6 is 11.3 Å². The van der Waals surface area contributed by atoms with Crippen LogP contribution in [0.3, 0.4) is 0 Å². The number of fused-ring (bicyclic) bond motifs is 1. The molecule has 11 heteroatoms. The van der Waals surface area contributed by atoms with Crippen LogP contribution in [0.1, 0.15) is 0 Å². The van der Waals surface area contributed by atoms with Crippen molar-refractivity contribution < 1.29 is 13.3 Å². The lowest BCUT2D eigenvalue weighted by Gasteiger charge is -2.11. The maximum absolute atomic E-state index is 11.7. The number of rotatable bonds is 8. The first-order valence-corrected chi connectivity index (χ1v) is 12.4. The molecular weight excluding hydrogens is 450 g/mol. The number of thiophene rings is 1. The molecule has 164 valence electrons. The fourth-order valence-corrected chi connectivity index (χ4v) is 4.82. The van der Waals surface area contributed by atoms with E-state index in [4.69, 9.17) is 0 Å². The van der Waals surface area contributed by atoms with Crippen LogP contribution in [-0.4, -0.2) is 42.7 Å². The number of nitro benzene ring substituents is 1. The zero-order valence-electron chi connectivity index (χ0n) is 17.0. The first-order valence-electron chi connectivity index (χ1n) is 9.58. The van der Waals surface area contributed by atoms with E-state index in [2.05, 4.69) is 20.6 Å². The average Bonchev–Trinajstić information content (AvgIpc) is 3.21. The molecular formula is C21H19N5O4S2. The van der Waals surface area contributed by atoms with Gasteiger partial charge in [-0.3, -0.25) is 10.1 Å². The fourth-order valence-electron chi connectivity index (χ4n) is 3.26. The minimum absolute atomic E-state index is 0.0952. The van der Waals surface area contributed by atoms with Crippen LogP contribution in [0.4, 0.5) is 17.2 Å². The Kier molecular flexibility index (Phi) is 6.01. The second-order valence-corrected chi connectivity index (χ2v) is 9.85. The summed E-state index contributed by atoms with van der Waals surface area (Å²) in [7, 11) is -3.54. The molecule has 0 radical (unpaired) electrons. The van der Waals surface area contributed by atoms with Crippen molar-refractivity contribution >= 4 is 48.6 Å². The topological polar surface area (TPSA) is 127 Å². The predicted octanol–water partition coefficient (Wildman–Crippen LogP) is 4.19. The molecule has 2 heterocycles. The number of hydrogen-bond acceptors (Lipinski definition) is 9. The molecule has 4 aromatic rings. The molecule has 0 aliphatic heterocycles. The maximum Gasteiger partial charge on any atom is 0.293 e. The molecule has 0 unspecified atom stereocenters. The van der Waals surface area contributed by atoms with Gasteiger partial charge in [0, 0.05) is 36.4 Å². The lowest BCUT2D eigenvalue weighted by Crippen LogP contribution is -2.15. The number of nitrogens with zero attached hydrogens (tertiary/aromatic N) is 3. The zero-order valence-corrected chi connectivity index (χ0v) is 18.6. The highest BCUT2D eigenvalue weighted by Crippen LogP contribution is 2.36. The summed E-state index contributed by atoms with van der Waals surface area (Å²) in [5.74, 6) is 0.679. The summed E-state index contributed by atoms with van der Waals surface area (Å²) in [5, 5.41) is 20.6. The number of nitro groups is 1. The van der Waals surface area contributed by atoms with Crippen molar-refractivity contribution in [3.8, 4) is 11.1 Å². The molecule has 0 amide bonds. The van der Waals surface area contributed by atoms with E-state index < -0.39 is 14.8 Å². The van der Waals surface area contributed by atoms with E-state index >= 15 is 0 Å². The van der Waals surface area contributed by atoms with Gasteiger partial charge in [-0.2, -0.15) is 0 Å². The summed E-state index contributed by atoms with van der Waals surface area (Å²) < 4.78 is 23.4. The van der Waals surface area contributed by atoms with E-state index in [0.29, 0.717) is 18.9 Å². The Morgan fingerprint density at radius 2 is 1.81 bits per heavy atom. The second-order valence-electron chi connectivity index (χ2n) is 6.98. The van der Waals surface area contributed by atoms with Crippen molar-refractivity contribution in [3.05, 3.63) is 70.4 Å². The molecule has 0 aliphatic carbocycles. The summed E-state index contributed by atoms with van der Waals surface area (Å²) >= 11 is 1.54. The van der Waals surface area contributed by atoms with Crippen molar-refractivity contribution in [3.63, 3.8) is 0 Å². The van der Waals surface area contributed by atoms with Gasteiger partial charge >= 0.3 is 0 Å². The summed E-state index contributed by atoms with van der Waals surface area (Å²) in [6.07, 6.45) is 2.51. The van der Waals surface area contributed by atoms with E-state index in [1.165, 1.54) is 29.8 Å². The van der Waals surface area contributed by atoms with Crippen molar-refractivity contribution in [1.29, 1.82) is 0 Å². The lowest BCUT2D eigenvalue weighted by atomic mass is 10.1. The van der Waals surface area contributed by atoms with Gasteiger partial charge in [-0.25, -0.2) is 18.4 Å². The number of aromatic nitrogens is 2. The van der Waals surface area contributed by atoms with Crippen LogP contribution in [-0.2, 0) is 9.84 Å². The standard InChI is InChI=1S/C21H19N5O4S2/c1-32(29,30)15-7-8-17(18(11-15)26(27)28)22-9-10-23-20-19-16(14-5-3-2-4-6-14)12-31-21(19)25-13-24-20/h2-8,11-13,22H,9-10H2,1H3,(H,23,24,25). The minimum Gasteiger partial charge on any atom is -0.378 e.